The molecule has 1 heterocycles. The molecule has 0 spiro atoms. The molecule has 0 N–H and O–H groups in total. The van der Waals surface area contributed by atoms with Crippen molar-refractivity contribution in [3.05, 3.63) is 0 Å². The molecule has 0 amide bonds. The minimum Gasteiger partial charge on any atom is -0.0845 e. The lowest BCUT2D eigenvalue weighted by atomic mass is 8.63. The van der Waals surface area contributed by atoms with Gasteiger partial charge in [-0.15, -0.1) is 0 Å². The van der Waals surface area contributed by atoms with Crippen LogP contribution in [0.1, 0.15) is 27.7 Å². The summed E-state index contributed by atoms with van der Waals surface area (Å²) in [7, 11) is 4.96. The summed E-state index contributed by atoms with van der Waals surface area (Å²) in [5, 5.41) is 0. The average molecular weight is 129 g/mol. The van der Waals surface area contributed by atoms with E-state index in [9.17, 15) is 0 Å². The Balaban J connectivity index is 2.18. The summed E-state index contributed by atoms with van der Waals surface area (Å²) in [5.41, 5.74) is 0. The summed E-state index contributed by atoms with van der Waals surface area (Å²) in [6, 6.07) is 0. The van der Waals surface area contributed by atoms with Crippen LogP contribution < -0.4 is 0 Å². The van der Waals surface area contributed by atoms with Gasteiger partial charge in [0.1, 0.15) is 0 Å². The first-order valence-corrected chi connectivity index (χ1v) is 4.31. The molecule has 1 fully saturated rings. The van der Waals surface area contributed by atoms with Gasteiger partial charge in [-0.3, -0.25) is 0 Å². The third-order valence-corrected chi connectivity index (χ3v) is 2.43. The zero-order chi connectivity index (χ0) is 7.72. The fourth-order valence-electron chi connectivity index (χ4n) is 1.38. The maximum atomic E-state index is 2.48. The zero-order valence-electron chi connectivity index (χ0n) is 7.46. The molecule has 1 saturated heterocycles. The van der Waals surface area contributed by atoms with Gasteiger partial charge >= 0.3 is 0 Å². The topological polar surface area (TPSA) is 0 Å². The Morgan fingerprint density at radius 3 is 1.30 bits per heavy atom. The summed E-state index contributed by atoms with van der Waals surface area (Å²) in [6.07, 6.45) is 0. The van der Waals surface area contributed by atoms with Crippen LogP contribution >= 0.6 is 0 Å². The minimum atomic E-state index is 0.799. The molecule has 0 aromatic heterocycles. The molecule has 0 aliphatic carbocycles. The van der Waals surface area contributed by atoms with Crippen molar-refractivity contribution in [3.8, 4) is 0 Å². The van der Waals surface area contributed by atoms with E-state index < -0.39 is 0 Å². The fourth-order valence-corrected chi connectivity index (χ4v) is 1.38. The molecule has 2 radical (unpaired) electrons. The van der Waals surface area contributed by atoms with E-state index in [2.05, 4.69) is 41.8 Å². The van der Waals surface area contributed by atoms with Gasteiger partial charge in [-0.1, -0.05) is 39.3 Å². The second-order valence-electron chi connectivity index (χ2n) is 4.03. The van der Waals surface area contributed by atoms with E-state index >= 15 is 0 Å². The summed E-state index contributed by atoms with van der Waals surface area (Å²) < 4.78 is 0. The summed E-state index contributed by atoms with van der Waals surface area (Å²) in [5.74, 6) is 1.63. The normalized spacial score (nSPS) is 17.0. The van der Waals surface area contributed by atoms with E-state index in [1.807, 2.05) is 0 Å². The Labute approximate surface area is 67.1 Å². The van der Waals surface area contributed by atoms with Crippen molar-refractivity contribution >= 4 is 27.1 Å². The molecule has 0 saturated carbocycles. The van der Waals surface area contributed by atoms with Crippen molar-refractivity contribution in [1.29, 1.82) is 0 Å². The van der Waals surface area contributed by atoms with Crippen LogP contribution in [0.5, 0.6) is 0 Å². The molecule has 0 atom stereocenters. The van der Waals surface area contributed by atoms with Crippen LogP contribution in [-0.2, 0) is 0 Å². The van der Waals surface area contributed by atoms with Gasteiger partial charge in [-0.2, -0.15) is 0 Å². The first-order valence-electron chi connectivity index (χ1n) is 4.31. The lowest BCUT2D eigenvalue weighted by molar-refractivity contribution is 1.05. The third-order valence-electron chi connectivity index (χ3n) is 2.43. The minimum absolute atomic E-state index is 0.799. The van der Waals surface area contributed by atoms with Crippen LogP contribution in [0, 0.1) is 0 Å². The number of hydrogen-bond donors (Lipinski definition) is 0. The van der Waals surface area contributed by atoms with Gasteiger partial charge in [-0.25, -0.2) is 0 Å². The van der Waals surface area contributed by atoms with Crippen molar-refractivity contribution in [1.82, 2.24) is 0 Å². The Morgan fingerprint density at radius 2 is 1.10 bits per heavy atom. The Morgan fingerprint density at radius 1 is 0.800 bits per heavy atom. The third kappa shape index (κ3) is 1.65. The molecular formula is C6H14B4. The lowest BCUT2D eigenvalue weighted by Crippen LogP contribution is -2.63. The van der Waals surface area contributed by atoms with Gasteiger partial charge in [0.25, 0.3) is 0 Å². The van der Waals surface area contributed by atoms with E-state index in [0.717, 1.165) is 24.6 Å². The van der Waals surface area contributed by atoms with Gasteiger partial charge in [-0.05, 0) is 0 Å². The number of hydrogen-bond acceptors (Lipinski definition) is 0. The molecule has 1 rings (SSSR count). The Kier molecular flexibility index (Phi) is 2.60. The van der Waals surface area contributed by atoms with E-state index in [1.54, 1.807) is 0 Å². The van der Waals surface area contributed by atoms with Crippen LogP contribution in [0.15, 0.2) is 0 Å². The van der Waals surface area contributed by atoms with Crippen molar-refractivity contribution in [2.24, 2.45) is 0 Å². The maximum Gasteiger partial charge on any atom is 0.0501 e. The lowest BCUT2D eigenvalue weighted by Gasteiger charge is -2.35. The van der Waals surface area contributed by atoms with E-state index in [1.165, 1.54) is 0 Å². The second kappa shape index (κ2) is 3.11. The quantitative estimate of drug-likeness (QED) is 0.492. The molecular weight excluding hydrogens is 115 g/mol. The van der Waals surface area contributed by atoms with Crippen molar-refractivity contribution in [3.63, 3.8) is 0 Å². The maximum absolute atomic E-state index is 2.48. The van der Waals surface area contributed by atoms with Gasteiger partial charge in [0, 0.05) is 14.1 Å². The molecule has 0 unspecified atom stereocenters. The number of rotatable bonds is 2. The molecule has 1 aliphatic heterocycles. The first-order chi connectivity index (χ1) is 4.61. The van der Waals surface area contributed by atoms with Gasteiger partial charge in [0.15, 0.2) is 0 Å². The predicted molar refractivity (Wildman–Crippen MR) is 53.2 cm³/mol. The van der Waals surface area contributed by atoms with Gasteiger partial charge < -0.3 is 0 Å². The predicted octanol–water partition coefficient (Wildman–Crippen LogP) is 1.20. The smallest absolute Gasteiger partial charge is 0.0501 e. The van der Waals surface area contributed by atoms with Crippen LogP contribution in [0.2, 0.25) is 11.6 Å². The highest BCUT2D eigenvalue weighted by Gasteiger charge is 2.37. The highest BCUT2D eigenvalue weighted by molar-refractivity contribution is 7.86. The standard InChI is InChI=1S/C6H14B4/c1-5(2)9-7-10(8-9)6(3)4/h5-6H,1-4H3. The molecule has 0 bridgehead atoms. The van der Waals surface area contributed by atoms with Crippen LogP contribution in [0.4, 0.5) is 0 Å². The summed E-state index contributed by atoms with van der Waals surface area (Å²) in [4.78, 5) is 0. The molecule has 0 aromatic carbocycles. The SMILES string of the molecule is CC(C)B1[B]B(C(C)C)[B]1. The highest BCUT2D eigenvalue weighted by Crippen LogP contribution is 2.19. The average Bonchev–Trinajstić information content (AvgIpc) is 1.56. The van der Waals surface area contributed by atoms with Gasteiger partial charge in [0.05, 0.1) is 13.0 Å². The first kappa shape index (κ1) is 8.36. The largest absolute Gasteiger partial charge is 0.0845 e. The van der Waals surface area contributed by atoms with Crippen LogP contribution in [0.3, 0.4) is 0 Å². The van der Waals surface area contributed by atoms with Crippen molar-refractivity contribution < 1.29 is 0 Å². The Hall–Kier alpha value is 0.260. The van der Waals surface area contributed by atoms with Crippen molar-refractivity contribution in [2.45, 2.75) is 39.3 Å². The van der Waals surface area contributed by atoms with Gasteiger partial charge in [0.2, 0.25) is 0 Å². The second-order valence-corrected chi connectivity index (χ2v) is 4.03. The Bertz CT molecular complexity index is 94.3. The molecule has 50 valence electrons. The molecule has 0 aromatic rings. The van der Waals surface area contributed by atoms with E-state index in [-0.39, 0.29) is 0 Å². The molecule has 10 heavy (non-hydrogen) atoms. The van der Waals surface area contributed by atoms with Crippen molar-refractivity contribution in [2.75, 3.05) is 0 Å². The molecule has 0 nitrogen and oxygen atoms in total. The summed E-state index contributed by atoms with van der Waals surface area (Å²) in [6.45, 7) is 10.7. The van der Waals surface area contributed by atoms with E-state index in [0.29, 0.717) is 0 Å². The van der Waals surface area contributed by atoms with E-state index in [4.69, 9.17) is 0 Å². The fraction of sp³-hybridized carbons (Fsp3) is 1.00. The van der Waals surface area contributed by atoms with Crippen LogP contribution in [0.25, 0.3) is 0 Å². The molecule has 1 aliphatic rings. The highest BCUT2D eigenvalue weighted by atomic mass is 13.8. The molecule has 4 heteroatoms. The summed E-state index contributed by atoms with van der Waals surface area (Å²) >= 11 is 0. The monoisotopic (exact) mass is 130 g/mol. The zero-order valence-corrected chi connectivity index (χ0v) is 7.46. The van der Waals surface area contributed by atoms with Crippen LogP contribution in [-0.4, -0.2) is 27.1 Å².